The molecule has 84 valence electrons. The summed E-state index contributed by atoms with van der Waals surface area (Å²) in [5.74, 6) is 1.94. The van der Waals surface area contributed by atoms with Crippen molar-refractivity contribution in [3.8, 4) is 0 Å². The van der Waals surface area contributed by atoms with Gasteiger partial charge in [-0.05, 0) is 19.1 Å². The molecule has 0 atom stereocenters. The average molecular weight is 245 g/mol. The van der Waals surface area contributed by atoms with Gasteiger partial charge in [-0.1, -0.05) is 31.9 Å². The number of rotatable bonds is 5. The van der Waals surface area contributed by atoms with E-state index in [0.29, 0.717) is 5.15 Å². The largest absolute Gasteiger partial charge is 0.226 e. The fourth-order valence-corrected chi connectivity index (χ4v) is 2.48. The van der Waals surface area contributed by atoms with E-state index in [1.807, 2.05) is 13.8 Å². The van der Waals surface area contributed by atoms with Gasteiger partial charge < -0.3 is 0 Å². The van der Waals surface area contributed by atoms with Crippen LogP contribution in [0.3, 0.4) is 0 Å². The van der Waals surface area contributed by atoms with Crippen molar-refractivity contribution in [3.63, 3.8) is 0 Å². The molecule has 0 unspecified atom stereocenters. The van der Waals surface area contributed by atoms with Crippen molar-refractivity contribution in [3.05, 3.63) is 16.5 Å². The van der Waals surface area contributed by atoms with Gasteiger partial charge in [0, 0.05) is 12.0 Å². The molecule has 1 heterocycles. The molecule has 1 aromatic heterocycles. The van der Waals surface area contributed by atoms with Gasteiger partial charge in [0.2, 0.25) is 0 Å². The number of hydrogen-bond acceptors (Lipinski definition) is 3. The van der Waals surface area contributed by atoms with Gasteiger partial charge in [0.05, 0.1) is 0 Å². The zero-order valence-electron chi connectivity index (χ0n) is 9.51. The molecule has 0 aliphatic carbocycles. The summed E-state index contributed by atoms with van der Waals surface area (Å²) in [6.07, 6.45) is 3.26. The van der Waals surface area contributed by atoms with Crippen LogP contribution in [0.5, 0.6) is 0 Å². The molecule has 1 rings (SSSR count). The molecule has 4 heteroatoms. The van der Waals surface area contributed by atoms with Crippen molar-refractivity contribution >= 4 is 23.4 Å². The van der Waals surface area contributed by atoms with Crippen LogP contribution >= 0.6 is 23.4 Å². The maximum absolute atomic E-state index is 6.05. The Bertz CT molecular complexity index is 329. The van der Waals surface area contributed by atoms with E-state index in [0.717, 1.165) is 28.6 Å². The van der Waals surface area contributed by atoms with E-state index in [4.69, 9.17) is 11.6 Å². The Morgan fingerprint density at radius 3 is 2.60 bits per heavy atom. The fourth-order valence-electron chi connectivity index (χ4n) is 1.12. The van der Waals surface area contributed by atoms with Gasteiger partial charge >= 0.3 is 0 Å². The predicted octanol–water partition coefficient (Wildman–Crippen LogP) is 3.89. The Labute approximate surface area is 101 Å². The van der Waals surface area contributed by atoms with E-state index in [2.05, 4.69) is 16.9 Å². The lowest BCUT2D eigenvalue weighted by Gasteiger charge is -2.07. The first-order valence-corrected chi connectivity index (χ1v) is 6.71. The molecule has 0 saturated carbocycles. The van der Waals surface area contributed by atoms with Crippen LogP contribution in [0.4, 0.5) is 0 Å². The number of aromatic nitrogens is 2. The Hall–Kier alpha value is -0.280. The van der Waals surface area contributed by atoms with E-state index < -0.39 is 0 Å². The van der Waals surface area contributed by atoms with Crippen molar-refractivity contribution in [2.45, 2.75) is 45.1 Å². The highest BCUT2D eigenvalue weighted by atomic mass is 35.5. The Balaban J connectivity index is 2.80. The van der Waals surface area contributed by atoms with Crippen LogP contribution in [0.15, 0.2) is 5.03 Å². The quantitative estimate of drug-likeness (QED) is 0.447. The number of thioether (sulfide) groups is 1. The molecule has 0 aliphatic heterocycles. The Kier molecular flexibility index (Phi) is 5.40. The molecule has 0 bridgehead atoms. The summed E-state index contributed by atoms with van der Waals surface area (Å²) in [6.45, 7) is 6.22. The number of unbranched alkanes of at least 4 members (excludes halogenated alkanes) is 1. The predicted molar refractivity (Wildman–Crippen MR) is 66.8 cm³/mol. The first-order valence-electron chi connectivity index (χ1n) is 5.34. The third-order valence-electron chi connectivity index (χ3n) is 2.14. The molecule has 0 radical (unpaired) electrons. The third kappa shape index (κ3) is 3.65. The van der Waals surface area contributed by atoms with Gasteiger partial charge in [0.15, 0.2) is 0 Å². The molecule has 0 aliphatic rings. The number of nitrogens with zero attached hydrogens (tertiary/aromatic N) is 2. The van der Waals surface area contributed by atoms with Crippen LogP contribution < -0.4 is 0 Å². The highest BCUT2D eigenvalue weighted by Crippen LogP contribution is 2.25. The minimum atomic E-state index is 0.598. The standard InChI is InChI=1S/C11H17ClN2S/c1-4-6-7-15-11-8(3)10(12)13-9(5-2)14-11/h4-7H2,1-3H3. The average Bonchev–Trinajstić information content (AvgIpc) is 2.24. The van der Waals surface area contributed by atoms with E-state index in [1.54, 1.807) is 11.8 Å². The molecule has 0 spiro atoms. The van der Waals surface area contributed by atoms with Crippen LogP contribution in [-0.4, -0.2) is 15.7 Å². The van der Waals surface area contributed by atoms with E-state index in [-0.39, 0.29) is 0 Å². The number of aryl methyl sites for hydroxylation is 1. The van der Waals surface area contributed by atoms with Gasteiger partial charge in [-0.25, -0.2) is 9.97 Å². The van der Waals surface area contributed by atoms with Crippen molar-refractivity contribution < 1.29 is 0 Å². The zero-order chi connectivity index (χ0) is 11.3. The molecule has 0 fully saturated rings. The molecule has 0 amide bonds. The van der Waals surface area contributed by atoms with Crippen molar-refractivity contribution in [1.29, 1.82) is 0 Å². The highest BCUT2D eigenvalue weighted by molar-refractivity contribution is 7.99. The molecule has 0 saturated heterocycles. The summed E-state index contributed by atoms with van der Waals surface area (Å²) in [6, 6.07) is 0. The molecule has 15 heavy (non-hydrogen) atoms. The smallest absolute Gasteiger partial charge is 0.136 e. The molecule has 2 nitrogen and oxygen atoms in total. The summed E-state index contributed by atoms with van der Waals surface area (Å²) >= 11 is 7.83. The topological polar surface area (TPSA) is 25.8 Å². The fraction of sp³-hybridized carbons (Fsp3) is 0.636. The lowest BCUT2D eigenvalue weighted by Crippen LogP contribution is -1.98. The second-order valence-corrected chi connectivity index (χ2v) is 4.86. The molecule has 1 aromatic rings. The summed E-state index contributed by atoms with van der Waals surface area (Å²) < 4.78 is 0. The van der Waals surface area contributed by atoms with Crippen molar-refractivity contribution in [1.82, 2.24) is 9.97 Å². The van der Waals surface area contributed by atoms with Crippen LogP contribution in [0.25, 0.3) is 0 Å². The molecular formula is C11H17ClN2S. The van der Waals surface area contributed by atoms with E-state index in [1.165, 1.54) is 12.8 Å². The SMILES string of the molecule is CCCCSc1nc(CC)nc(Cl)c1C. The third-order valence-corrected chi connectivity index (χ3v) is 3.67. The lowest BCUT2D eigenvalue weighted by molar-refractivity contribution is 0.863. The summed E-state index contributed by atoms with van der Waals surface area (Å²) in [5.41, 5.74) is 1.01. The first kappa shape index (κ1) is 12.8. The van der Waals surface area contributed by atoms with Crippen LogP contribution in [0.1, 0.15) is 38.1 Å². The van der Waals surface area contributed by atoms with Gasteiger partial charge in [-0.2, -0.15) is 0 Å². The molecular weight excluding hydrogens is 228 g/mol. The minimum Gasteiger partial charge on any atom is -0.226 e. The first-order chi connectivity index (χ1) is 7.19. The van der Waals surface area contributed by atoms with Crippen LogP contribution in [-0.2, 0) is 6.42 Å². The normalized spacial score (nSPS) is 10.7. The highest BCUT2D eigenvalue weighted by Gasteiger charge is 2.08. The zero-order valence-corrected chi connectivity index (χ0v) is 11.1. The monoisotopic (exact) mass is 244 g/mol. The summed E-state index contributed by atoms with van der Waals surface area (Å²) in [7, 11) is 0. The van der Waals surface area contributed by atoms with E-state index >= 15 is 0 Å². The summed E-state index contributed by atoms with van der Waals surface area (Å²) in [5, 5.41) is 1.64. The number of hydrogen-bond donors (Lipinski definition) is 0. The maximum Gasteiger partial charge on any atom is 0.136 e. The number of halogens is 1. The second kappa shape index (κ2) is 6.33. The lowest BCUT2D eigenvalue weighted by atomic mass is 10.3. The van der Waals surface area contributed by atoms with Gasteiger partial charge in [-0.15, -0.1) is 11.8 Å². The molecule has 0 N–H and O–H groups in total. The maximum atomic E-state index is 6.05. The molecule has 0 aromatic carbocycles. The van der Waals surface area contributed by atoms with E-state index in [9.17, 15) is 0 Å². The van der Waals surface area contributed by atoms with Gasteiger partial charge in [0.25, 0.3) is 0 Å². The van der Waals surface area contributed by atoms with Crippen molar-refractivity contribution in [2.75, 3.05) is 5.75 Å². The summed E-state index contributed by atoms with van der Waals surface area (Å²) in [4.78, 5) is 8.71. The van der Waals surface area contributed by atoms with Crippen LogP contribution in [0, 0.1) is 6.92 Å². The minimum absolute atomic E-state index is 0.598. The van der Waals surface area contributed by atoms with Gasteiger partial charge in [0.1, 0.15) is 16.0 Å². The second-order valence-electron chi connectivity index (χ2n) is 3.42. The Morgan fingerprint density at radius 2 is 2.00 bits per heavy atom. The van der Waals surface area contributed by atoms with Crippen molar-refractivity contribution in [2.24, 2.45) is 0 Å². The van der Waals surface area contributed by atoms with Gasteiger partial charge in [-0.3, -0.25) is 0 Å². The Morgan fingerprint density at radius 1 is 1.27 bits per heavy atom. The van der Waals surface area contributed by atoms with Crippen LogP contribution in [0.2, 0.25) is 5.15 Å².